The maximum absolute atomic E-state index is 12.4. The minimum atomic E-state index is -3.95. The number of nitrogens with zero attached hydrogens (tertiary/aromatic N) is 1. The van der Waals surface area contributed by atoms with Crippen molar-refractivity contribution < 1.29 is 22.8 Å². The Balaban J connectivity index is 1.47. The number of sulfonamides is 1. The van der Waals surface area contributed by atoms with E-state index in [1.165, 1.54) is 17.0 Å². The van der Waals surface area contributed by atoms with Crippen LogP contribution in [-0.2, 0) is 21.2 Å². The third kappa shape index (κ3) is 5.94. The maximum atomic E-state index is 12.4. The molecule has 0 unspecified atom stereocenters. The van der Waals surface area contributed by atoms with Gasteiger partial charge in [0.25, 0.3) is 10.0 Å². The first-order valence-electron chi connectivity index (χ1n) is 10.4. The van der Waals surface area contributed by atoms with Gasteiger partial charge in [0.15, 0.2) is 0 Å². The highest BCUT2D eigenvalue weighted by molar-refractivity contribution is 7.90. The molecule has 3 rings (SSSR count). The number of piperidine rings is 1. The van der Waals surface area contributed by atoms with Gasteiger partial charge in [-0.25, -0.2) is 22.7 Å². The molecule has 9 nitrogen and oxygen atoms in total. The van der Waals surface area contributed by atoms with E-state index in [2.05, 4.69) is 10.6 Å². The highest BCUT2D eigenvalue weighted by Gasteiger charge is 2.24. The monoisotopic (exact) mass is 436 g/mol. The van der Waals surface area contributed by atoms with E-state index in [4.69, 9.17) is 0 Å². The molecule has 10 heteroatoms. The summed E-state index contributed by atoms with van der Waals surface area (Å²) in [5, 5.41) is 5.41. The van der Waals surface area contributed by atoms with Crippen molar-refractivity contribution in [3.63, 3.8) is 0 Å². The van der Waals surface area contributed by atoms with Gasteiger partial charge in [-0.05, 0) is 49.8 Å². The molecule has 0 spiro atoms. The molecule has 164 valence electrons. The van der Waals surface area contributed by atoms with Gasteiger partial charge >= 0.3 is 12.1 Å². The number of rotatable bonds is 6. The summed E-state index contributed by atoms with van der Waals surface area (Å²) in [6.45, 7) is 0.773. The molecule has 0 atom stereocenters. The number of imide groups is 1. The van der Waals surface area contributed by atoms with Gasteiger partial charge in [0.2, 0.25) is 5.91 Å². The third-order valence-corrected chi connectivity index (χ3v) is 6.76. The molecule has 1 aromatic carbocycles. The number of nitrogens with one attached hydrogen (secondary N) is 3. The average molecular weight is 437 g/mol. The van der Waals surface area contributed by atoms with Crippen molar-refractivity contribution in [3.05, 3.63) is 29.8 Å². The van der Waals surface area contributed by atoms with Gasteiger partial charge in [0.05, 0.1) is 4.90 Å². The van der Waals surface area contributed by atoms with Gasteiger partial charge in [0.1, 0.15) is 0 Å². The predicted molar refractivity (Wildman–Crippen MR) is 110 cm³/mol. The fraction of sp³-hybridized carbons (Fsp3) is 0.550. The van der Waals surface area contributed by atoms with Crippen LogP contribution in [0.1, 0.15) is 50.5 Å². The van der Waals surface area contributed by atoms with E-state index in [0.29, 0.717) is 25.9 Å². The van der Waals surface area contributed by atoms with Crippen LogP contribution in [0.4, 0.5) is 9.59 Å². The van der Waals surface area contributed by atoms with Crippen LogP contribution in [0.3, 0.4) is 0 Å². The molecular formula is C20H28N4O5S. The first-order chi connectivity index (χ1) is 14.3. The van der Waals surface area contributed by atoms with Crippen LogP contribution in [0.15, 0.2) is 29.2 Å². The van der Waals surface area contributed by atoms with Crippen molar-refractivity contribution in [1.29, 1.82) is 0 Å². The molecule has 1 aromatic rings. The van der Waals surface area contributed by atoms with E-state index >= 15 is 0 Å². The molecule has 1 aliphatic carbocycles. The average Bonchev–Trinajstić information content (AvgIpc) is 3.21. The molecule has 0 radical (unpaired) electrons. The van der Waals surface area contributed by atoms with E-state index < -0.39 is 22.1 Å². The zero-order valence-electron chi connectivity index (χ0n) is 16.9. The van der Waals surface area contributed by atoms with Gasteiger partial charge in [0, 0.05) is 25.6 Å². The topological polar surface area (TPSA) is 125 Å². The van der Waals surface area contributed by atoms with E-state index in [0.717, 1.165) is 44.1 Å². The normalized spacial score (nSPS) is 17.6. The van der Waals surface area contributed by atoms with Crippen LogP contribution in [0.25, 0.3) is 0 Å². The first-order valence-corrected chi connectivity index (χ1v) is 11.8. The van der Waals surface area contributed by atoms with Crippen molar-refractivity contribution in [2.45, 2.75) is 62.3 Å². The summed E-state index contributed by atoms with van der Waals surface area (Å²) in [7, 11) is -3.95. The molecule has 2 aliphatic rings. The molecule has 5 amide bonds. The number of urea groups is 2. The number of amides is 5. The van der Waals surface area contributed by atoms with Crippen LogP contribution in [-0.4, -0.2) is 50.4 Å². The lowest BCUT2D eigenvalue weighted by Gasteiger charge is -2.24. The summed E-state index contributed by atoms with van der Waals surface area (Å²) in [6.07, 6.45) is 6.33. The lowest BCUT2D eigenvalue weighted by molar-refractivity contribution is -0.130. The second-order valence-corrected chi connectivity index (χ2v) is 9.37. The number of hydrogen-bond acceptors (Lipinski definition) is 5. The molecule has 30 heavy (non-hydrogen) atoms. The Morgan fingerprint density at radius 1 is 1.03 bits per heavy atom. The van der Waals surface area contributed by atoms with Crippen molar-refractivity contribution in [3.8, 4) is 0 Å². The molecule has 2 fully saturated rings. The Hall–Kier alpha value is -2.62. The number of carbonyl (C=O) groups excluding carboxylic acids is 3. The Bertz CT molecular complexity index is 879. The van der Waals surface area contributed by atoms with Crippen LogP contribution >= 0.6 is 0 Å². The predicted octanol–water partition coefficient (Wildman–Crippen LogP) is 1.88. The number of carbonyl (C=O) groups is 3. The Labute approximate surface area is 176 Å². The molecular weight excluding hydrogens is 408 g/mol. The van der Waals surface area contributed by atoms with E-state index in [9.17, 15) is 22.8 Å². The molecule has 1 saturated heterocycles. The smallest absolute Gasteiger partial charge is 0.328 e. The second-order valence-electron chi connectivity index (χ2n) is 7.69. The fourth-order valence-corrected chi connectivity index (χ4v) is 4.65. The van der Waals surface area contributed by atoms with Gasteiger partial charge in [-0.15, -0.1) is 0 Å². The summed E-state index contributed by atoms with van der Waals surface area (Å²) in [5.74, 6) is -0.155. The van der Waals surface area contributed by atoms with Gasteiger partial charge in [-0.1, -0.05) is 25.0 Å². The van der Waals surface area contributed by atoms with E-state index in [1.54, 1.807) is 12.1 Å². The summed E-state index contributed by atoms with van der Waals surface area (Å²) in [4.78, 5) is 37.0. The van der Waals surface area contributed by atoms with Crippen LogP contribution in [0, 0.1) is 0 Å². The second kappa shape index (κ2) is 9.92. The van der Waals surface area contributed by atoms with Crippen molar-refractivity contribution in [2.24, 2.45) is 0 Å². The number of benzene rings is 1. The summed E-state index contributed by atoms with van der Waals surface area (Å²) < 4.78 is 26.8. The highest BCUT2D eigenvalue weighted by Crippen LogP contribution is 2.18. The van der Waals surface area contributed by atoms with E-state index in [-0.39, 0.29) is 16.8 Å². The SMILES string of the molecule is O=C(NC1CCCC1)NS(=O)(=O)c1ccc(CCNC(=O)N2CCCCC2=O)cc1. The number of hydrogen-bond donors (Lipinski definition) is 3. The summed E-state index contributed by atoms with van der Waals surface area (Å²) in [5.41, 5.74) is 0.828. The maximum Gasteiger partial charge on any atom is 0.328 e. The minimum Gasteiger partial charge on any atom is -0.337 e. The van der Waals surface area contributed by atoms with Crippen molar-refractivity contribution in [2.75, 3.05) is 13.1 Å². The quantitative estimate of drug-likeness (QED) is 0.628. The van der Waals surface area contributed by atoms with Crippen molar-refractivity contribution in [1.82, 2.24) is 20.3 Å². The molecule has 1 heterocycles. The van der Waals surface area contributed by atoms with Gasteiger partial charge in [-0.3, -0.25) is 9.69 Å². The Morgan fingerprint density at radius 2 is 1.73 bits per heavy atom. The van der Waals surface area contributed by atoms with Crippen LogP contribution < -0.4 is 15.4 Å². The molecule has 0 aromatic heterocycles. The Kier molecular flexibility index (Phi) is 7.30. The molecule has 0 bridgehead atoms. The minimum absolute atomic E-state index is 0.00392. The third-order valence-electron chi connectivity index (χ3n) is 5.41. The van der Waals surface area contributed by atoms with Crippen LogP contribution in [0.5, 0.6) is 0 Å². The summed E-state index contributed by atoms with van der Waals surface area (Å²) in [6, 6.07) is 5.06. The zero-order valence-corrected chi connectivity index (χ0v) is 17.7. The Morgan fingerprint density at radius 3 is 2.40 bits per heavy atom. The first kappa shape index (κ1) is 22.1. The van der Waals surface area contributed by atoms with E-state index in [1.807, 2.05) is 4.72 Å². The van der Waals surface area contributed by atoms with Crippen LogP contribution in [0.2, 0.25) is 0 Å². The lowest BCUT2D eigenvalue weighted by Crippen LogP contribution is -2.46. The van der Waals surface area contributed by atoms with Gasteiger partial charge in [-0.2, -0.15) is 0 Å². The highest BCUT2D eigenvalue weighted by atomic mass is 32.2. The number of likely N-dealkylation sites (tertiary alicyclic amines) is 1. The standard InChI is InChI=1S/C20H28N4O5S/c25-18-7-3-4-14-24(18)20(27)21-13-12-15-8-10-17(11-9-15)30(28,29)23-19(26)22-16-5-1-2-6-16/h8-11,16H,1-7,12-14H2,(H,21,27)(H2,22,23,26). The van der Waals surface area contributed by atoms with Gasteiger partial charge < -0.3 is 10.6 Å². The zero-order chi connectivity index (χ0) is 21.6. The molecule has 3 N–H and O–H groups in total. The molecule has 1 aliphatic heterocycles. The fourth-order valence-electron chi connectivity index (χ4n) is 3.73. The summed E-state index contributed by atoms with van der Waals surface area (Å²) >= 11 is 0. The largest absolute Gasteiger partial charge is 0.337 e. The molecule has 1 saturated carbocycles. The van der Waals surface area contributed by atoms with Crippen molar-refractivity contribution >= 4 is 28.0 Å². The lowest BCUT2D eigenvalue weighted by atomic mass is 10.1.